The fourth-order valence-corrected chi connectivity index (χ4v) is 2.75. The standard InChI is InChI=1S/C16H25ClN4O.HI/c1-3-22-12-7-19-16(18-2)21-10-8-20(9-11-21)15-6-4-5-14(17)13-15;/h4-6,13H,3,7-12H2,1-2H3,(H,18,19);1H. The number of hydrogen-bond acceptors (Lipinski definition) is 3. The second-order valence-electron chi connectivity index (χ2n) is 5.12. The minimum absolute atomic E-state index is 0. The molecule has 130 valence electrons. The summed E-state index contributed by atoms with van der Waals surface area (Å²) in [5.74, 6) is 0.949. The molecule has 0 amide bonds. The van der Waals surface area contributed by atoms with Crippen LogP contribution in [0.4, 0.5) is 5.69 Å². The van der Waals surface area contributed by atoms with Crippen LogP contribution in [0.5, 0.6) is 0 Å². The van der Waals surface area contributed by atoms with Gasteiger partial charge >= 0.3 is 0 Å². The summed E-state index contributed by atoms with van der Waals surface area (Å²) >= 11 is 6.07. The van der Waals surface area contributed by atoms with Gasteiger partial charge in [0.2, 0.25) is 0 Å². The summed E-state index contributed by atoms with van der Waals surface area (Å²) in [6, 6.07) is 8.03. The normalized spacial score (nSPS) is 15.3. The van der Waals surface area contributed by atoms with Gasteiger partial charge in [-0.25, -0.2) is 0 Å². The Kier molecular flexibility index (Phi) is 9.66. The van der Waals surface area contributed by atoms with Crippen molar-refractivity contribution in [2.45, 2.75) is 6.92 Å². The number of halogens is 2. The summed E-state index contributed by atoms with van der Waals surface area (Å²) in [5, 5.41) is 4.13. The average Bonchev–Trinajstić information content (AvgIpc) is 2.55. The quantitative estimate of drug-likeness (QED) is 0.323. The van der Waals surface area contributed by atoms with Crippen LogP contribution in [-0.4, -0.2) is 63.8 Å². The first-order chi connectivity index (χ1) is 10.7. The van der Waals surface area contributed by atoms with Crippen molar-refractivity contribution in [1.82, 2.24) is 10.2 Å². The Morgan fingerprint density at radius 3 is 2.65 bits per heavy atom. The lowest BCUT2D eigenvalue weighted by atomic mass is 10.2. The highest BCUT2D eigenvalue weighted by molar-refractivity contribution is 14.0. The van der Waals surface area contributed by atoms with E-state index >= 15 is 0 Å². The van der Waals surface area contributed by atoms with Crippen LogP contribution in [0, 0.1) is 0 Å². The van der Waals surface area contributed by atoms with Crippen LogP contribution in [0.1, 0.15) is 6.92 Å². The van der Waals surface area contributed by atoms with E-state index in [1.165, 1.54) is 5.69 Å². The van der Waals surface area contributed by atoms with E-state index in [0.29, 0.717) is 6.61 Å². The van der Waals surface area contributed by atoms with Crippen LogP contribution < -0.4 is 10.2 Å². The molecule has 23 heavy (non-hydrogen) atoms. The molecule has 1 fully saturated rings. The molecule has 1 saturated heterocycles. The zero-order valence-corrected chi connectivity index (χ0v) is 16.9. The number of nitrogens with one attached hydrogen (secondary N) is 1. The maximum Gasteiger partial charge on any atom is 0.193 e. The summed E-state index contributed by atoms with van der Waals surface area (Å²) in [4.78, 5) is 9.00. The van der Waals surface area contributed by atoms with E-state index in [4.69, 9.17) is 16.3 Å². The Labute approximate surface area is 161 Å². The van der Waals surface area contributed by atoms with Crippen LogP contribution in [0.15, 0.2) is 29.3 Å². The van der Waals surface area contributed by atoms with E-state index in [-0.39, 0.29) is 24.0 Å². The first-order valence-electron chi connectivity index (χ1n) is 7.78. The van der Waals surface area contributed by atoms with Gasteiger partial charge in [-0.3, -0.25) is 4.99 Å². The molecule has 0 aliphatic carbocycles. The van der Waals surface area contributed by atoms with Gasteiger partial charge in [0.25, 0.3) is 0 Å². The highest BCUT2D eigenvalue weighted by Crippen LogP contribution is 2.20. The van der Waals surface area contributed by atoms with Crippen LogP contribution >= 0.6 is 35.6 Å². The number of rotatable bonds is 5. The summed E-state index contributed by atoms with van der Waals surface area (Å²) in [7, 11) is 1.83. The fourth-order valence-electron chi connectivity index (χ4n) is 2.56. The molecule has 0 radical (unpaired) electrons. The third-order valence-corrected chi connectivity index (χ3v) is 3.93. The molecule has 0 aromatic heterocycles. The largest absolute Gasteiger partial charge is 0.380 e. The molecule has 0 unspecified atom stereocenters. The summed E-state index contributed by atoms with van der Waals surface area (Å²) < 4.78 is 5.35. The smallest absolute Gasteiger partial charge is 0.193 e. The molecule has 0 bridgehead atoms. The number of anilines is 1. The van der Waals surface area contributed by atoms with E-state index < -0.39 is 0 Å². The second kappa shape index (κ2) is 10.9. The number of ether oxygens (including phenoxy) is 1. The molecular formula is C16H26ClIN4O. The second-order valence-corrected chi connectivity index (χ2v) is 5.56. The van der Waals surface area contributed by atoms with Crippen LogP contribution in [0.3, 0.4) is 0 Å². The SMILES string of the molecule is CCOCCNC(=NC)N1CCN(c2cccc(Cl)c2)CC1.I. The van der Waals surface area contributed by atoms with Gasteiger partial charge in [-0.05, 0) is 25.1 Å². The first kappa shape index (κ1) is 20.3. The van der Waals surface area contributed by atoms with E-state index in [0.717, 1.165) is 50.3 Å². The van der Waals surface area contributed by atoms with Crippen LogP contribution in [-0.2, 0) is 4.74 Å². The molecule has 7 heteroatoms. The molecule has 1 aromatic rings. The molecule has 1 heterocycles. The van der Waals surface area contributed by atoms with Gasteiger partial charge in [0.05, 0.1) is 6.61 Å². The Hall–Kier alpha value is -0.730. The van der Waals surface area contributed by atoms with E-state index in [2.05, 4.69) is 26.2 Å². The molecule has 0 spiro atoms. The highest BCUT2D eigenvalue weighted by Gasteiger charge is 2.19. The Morgan fingerprint density at radius 2 is 2.04 bits per heavy atom. The molecule has 1 aliphatic rings. The third-order valence-electron chi connectivity index (χ3n) is 3.70. The maximum absolute atomic E-state index is 6.07. The number of hydrogen-bond donors (Lipinski definition) is 1. The predicted octanol–water partition coefficient (Wildman–Crippen LogP) is 2.69. The van der Waals surface area contributed by atoms with Crippen molar-refractivity contribution in [3.05, 3.63) is 29.3 Å². The number of piperazine rings is 1. The average molecular weight is 453 g/mol. The molecule has 0 atom stereocenters. The Bertz CT molecular complexity index is 493. The van der Waals surface area contributed by atoms with Crippen molar-refractivity contribution in [3.8, 4) is 0 Å². The summed E-state index contributed by atoms with van der Waals surface area (Å²) in [6.45, 7) is 8.07. The number of guanidine groups is 1. The zero-order chi connectivity index (χ0) is 15.8. The maximum atomic E-state index is 6.07. The third kappa shape index (κ3) is 6.35. The Balaban J connectivity index is 0.00000264. The molecule has 2 rings (SSSR count). The molecule has 1 aromatic carbocycles. The fraction of sp³-hybridized carbons (Fsp3) is 0.562. The van der Waals surface area contributed by atoms with Crippen molar-refractivity contribution in [2.75, 3.05) is 57.9 Å². The van der Waals surface area contributed by atoms with E-state index in [9.17, 15) is 0 Å². The molecule has 5 nitrogen and oxygen atoms in total. The van der Waals surface area contributed by atoms with Gasteiger partial charge in [-0.2, -0.15) is 0 Å². The van der Waals surface area contributed by atoms with Crippen molar-refractivity contribution in [3.63, 3.8) is 0 Å². The molecule has 1 aliphatic heterocycles. The van der Waals surface area contributed by atoms with E-state index in [1.54, 1.807) is 0 Å². The minimum atomic E-state index is 0. The van der Waals surface area contributed by atoms with Gasteiger partial charge in [0.15, 0.2) is 5.96 Å². The van der Waals surface area contributed by atoms with Gasteiger partial charge in [-0.15, -0.1) is 24.0 Å². The van der Waals surface area contributed by atoms with Gasteiger partial charge < -0.3 is 19.9 Å². The van der Waals surface area contributed by atoms with Crippen molar-refractivity contribution < 1.29 is 4.74 Å². The minimum Gasteiger partial charge on any atom is -0.380 e. The molecule has 0 saturated carbocycles. The summed E-state index contributed by atoms with van der Waals surface area (Å²) in [6.07, 6.45) is 0. The van der Waals surface area contributed by atoms with Crippen LogP contribution in [0.2, 0.25) is 5.02 Å². The predicted molar refractivity (Wildman–Crippen MR) is 109 cm³/mol. The van der Waals surface area contributed by atoms with Gasteiger partial charge in [0.1, 0.15) is 0 Å². The van der Waals surface area contributed by atoms with E-state index in [1.807, 2.05) is 32.2 Å². The summed E-state index contributed by atoms with van der Waals surface area (Å²) in [5.41, 5.74) is 1.19. The lowest BCUT2D eigenvalue weighted by Gasteiger charge is -2.37. The van der Waals surface area contributed by atoms with Crippen molar-refractivity contribution >= 4 is 47.2 Å². The van der Waals surface area contributed by atoms with Gasteiger partial charge in [-0.1, -0.05) is 17.7 Å². The topological polar surface area (TPSA) is 40.1 Å². The lowest BCUT2D eigenvalue weighted by Crippen LogP contribution is -2.53. The highest BCUT2D eigenvalue weighted by atomic mass is 127. The monoisotopic (exact) mass is 452 g/mol. The number of benzene rings is 1. The van der Waals surface area contributed by atoms with Crippen LogP contribution in [0.25, 0.3) is 0 Å². The van der Waals surface area contributed by atoms with Gasteiger partial charge in [0, 0.05) is 57.1 Å². The number of aliphatic imine (C=N–C) groups is 1. The Morgan fingerprint density at radius 1 is 1.30 bits per heavy atom. The lowest BCUT2D eigenvalue weighted by molar-refractivity contribution is 0.151. The zero-order valence-electron chi connectivity index (χ0n) is 13.8. The van der Waals surface area contributed by atoms with Crippen molar-refractivity contribution in [2.24, 2.45) is 4.99 Å². The molecular weight excluding hydrogens is 427 g/mol. The molecule has 1 N–H and O–H groups in total. The van der Waals surface area contributed by atoms with Crippen molar-refractivity contribution in [1.29, 1.82) is 0 Å². The first-order valence-corrected chi connectivity index (χ1v) is 8.16. The number of nitrogens with zero attached hydrogens (tertiary/aromatic N) is 3.